The smallest absolute Gasteiger partial charge is 0.226 e. The van der Waals surface area contributed by atoms with Crippen molar-refractivity contribution in [3.8, 4) is 0 Å². The van der Waals surface area contributed by atoms with Crippen molar-refractivity contribution in [2.75, 3.05) is 23.3 Å². The molecule has 0 amide bonds. The van der Waals surface area contributed by atoms with Crippen LogP contribution in [0.5, 0.6) is 0 Å². The predicted octanol–water partition coefficient (Wildman–Crippen LogP) is 3.89. The molecule has 2 saturated carbocycles. The molecular weight excluding hydrogens is 280 g/mol. The van der Waals surface area contributed by atoms with Crippen LogP contribution in [-0.2, 0) is 0 Å². The van der Waals surface area contributed by atoms with E-state index in [2.05, 4.69) is 33.6 Å². The third-order valence-electron chi connectivity index (χ3n) is 4.25. The van der Waals surface area contributed by atoms with E-state index in [9.17, 15) is 0 Å². The highest BCUT2D eigenvalue weighted by molar-refractivity contribution is 7.16. The Balaban J connectivity index is 1.71. The molecule has 0 bridgehead atoms. The van der Waals surface area contributed by atoms with E-state index in [1.165, 1.54) is 37.6 Å². The Morgan fingerprint density at radius 1 is 1.29 bits per heavy atom. The maximum atomic E-state index is 4.86. The van der Waals surface area contributed by atoms with Crippen LogP contribution in [-0.4, -0.2) is 29.1 Å². The van der Waals surface area contributed by atoms with E-state index in [4.69, 9.17) is 4.98 Å². The number of hydrogen-bond acceptors (Lipinski definition) is 5. The van der Waals surface area contributed by atoms with Crippen molar-refractivity contribution in [2.24, 2.45) is 5.92 Å². The highest BCUT2D eigenvalue weighted by Crippen LogP contribution is 2.40. The van der Waals surface area contributed by atoms with Crippen molar-refractivity contribution in [1.29, 1.82) is 0 Å². The minimum absolute atomic E-state index is 0.711. The summed E-state index contributed by atoms with van der Waals surface area (Å²) in [4.78, 5) is 13.2. The second-order valence-electron chi connectivity index (χ2n) is 6.26. The van der Waals surface area contributed by atoms with Gasteiger partial charge in [0.2, 0.25) is 5.95 Å². The van der Waals surface area contributed by atoms with Crippen LogP contribution in [0.25, 0.3) is 10.2 Å². The Morgan fingerprint density at radius 2 is 2.14 bits per heavy atom. The standard InChI is InChI=1S/C16H22N4S/c1-2-8-17-16-18-14(13-7-9-21-15(13)19-16)20(12-5-6-12)10-11-3-4-11/h7,9,11-12H,2-6,8,10H2,1H3,(H,17,18,19). The van der Waals surface area contributed by atoms with E-state index in [0.29, 0.717) is 6.04 Å². The summed E-state index contributed by atoms with van der Waals surface area (Å²) >= 11 is 1.72. The Hall–Kier alpha value is -1.36. The van der Waals surface area contributed by atoms with E-state index < -0.39 is 0 Å². The zero-order chi connectivity index (χ0) is 14.2. The van der Waals surface area contributed by atoms with Crippen LogP contribution >= 0.6 is 11.3 Å². The van der Waals surface area contributed by atoms with Gasteiger partial charge in [0.25, 0.3) is 0 Å². The average molecular weight is 302 g/mol. The van der Waals surface area contributed by atoms with Crippen LogP contribution in [0, 0.1) is 5.92 Å². The summed E-state index contributed by atoms with van der Waals surface area (Å²) in [5.41, 5.74) is 0. The van der Waals surface area contributed by atoms with Gasteiger partial charge in [0, 0.05) is 19.1 Å². The lowest BCUT2D eigenvalue weighted by molar-refractivity contribution is 0.711. The number of anilines is 2. The lowest BCUT2D eigenvalue weighted by Crippen LogP contribution is -2.29. The monoisotopic (exact) mass is 302 g/mol. The molecule has 21 heavy (non-hydrogen) atoms. The fraction of sp³-hybridized carbons (Fsp3) is 0.625. The molecule has 0 unspecified atom stereocenters. The predicted molar refractivity (Wildman–Crippen MR) is 89.3 cm³/mol. The normalized spacial score (nSPS) is 18.1. The number of rotatable bonds is 7. The summed E-state index contributed by atoms with van der Waals surface area (Å²) in [6.07, 6.45) is 6.51. The van der Waals surface area contributed by atoms with Gasteiger partial charge in [-0.05, 0) is 49.5 Å². The van der Waals surface area contributed by atoms with E-state index in [-0.39, 0.29) is 0 Å². The highest BCUT2D eigenvalue weighted by Gasteiger charge is 2.35. The van der Waals surface area contributed by atoms with Crippen molar-refractivity contribution < 1.29 is 0 Å². The third kappa shape index (κ3) is 2.84. The van der Waals surface area contributed by atoms with Gasteiger partial charge in [0.1, 0.15) is 10.6 Å². The van der Waals surface area contributed by atoms with Crippen LogP contribution in [0.3, 0.4) is 0 Å². The molecule has 2 aromatic heterocycles. The maximum absolute atomic E-state index is 4.86. The van der Waals surface area contributed by atoms with Crippen molar-refractivity contribution >= 4 is 33.3 Å². The fourth-order valence-corrected chi connectivity index (χ4v) is 3.51. The first-order chi connectivity index (χ1) is 10.3. The zero-order valence-corrected chi connectivity index (χ0v) is 13.3. The SMILES string of the molecule is CCCNc1nc(N(CC2CC2)C2CC2)c2ccsc2n1. The quantitative estimate of drug-likeness (QED) is 0.842. The number of nitrogens with one attached hydrogen (secondary N) is 1. The van der Waals surface area contributed by atoms with Gasteiger partial charge in [0.05, 0.1) is 5.39 Å². The molecule has 5 heteroatoms. The molecule has 2 aromatic rings. The zero-order valence-electron chi connectivity index (χ0n) is 12.5. The first kappa shape index (κ1) is 13.3. The molecule has 0 radical (unpaired) electrons. The Kier molecular flexibility index (Phi) is 3.45. The minimum Gasteiger partial charge on any atom is -0.354 e. The Labute approximate surface area is 129 Å². The number of aromatic nitrogens is 2. The number of nitrogens with zero attached hydrogens (tertiary/aromatic N) is 3. The average Bonchev–Trinajstić information content (AvgIpc) is 3.40. The van der Waals surface area contributed by atoms with Crippen molar-refractivity contribution in [1.82, 2.24) is 9.97 Å². The Morgan fingerprint density at radius 3 is 2.86 bits per heavy atom. The van der Waals surface area contributed by atoms with Crippen LogP contribution in [0.15, 0.2) is 11.4 Å². The minimum atomic E-state index is 0.711. The van der Waals surface area contributed by atoms with Crippen LogP contribution in [0.2, 0.25) is 0 Å². The summed E-state index contributed by atoms with van der Waals surface area (Å²) in [6, 6.07) is 2.89. The second-order valence-corrected chi connectivity index (χ2v) is 7.16. The molecule has 0 aromatic carbocycles. The molecule has 0 atom stereocenters. The Bertz CT molecular complexity index is 630. The molecule has 112 valence electrons. The third-order valence-corrected chi connectivity index (χ3v) is 5.06. The summed E-state index contributed by atoms with van der Waals surface area (Å²) in [5, 5.41) is 6.72. The van der Waals surface area contributed by atoms with Crippen molar-refractivity contribution in [3.63, 3.8) is 0 Å². The number of thiophene rings is 1. The van der Waals surface area contributed by atoms with Crippen molar-refractivity contribution in [2.45, 2.75) is 45.1 Å². The second kappa shape index (κ2) is 5.44. The van der Waals surface area contributed by atoms with Gasteiger partial charge in [-0.25, -0.2) is 4.98 Å². The molecule has 2 aliphatic rings. The lowest BCUT2D eigenvalue weighted by Gasteiger charge is -2.24. The van der Waals surface area contributed by atoms with E-state index in [1.807, 2.05) is 0 Å². The molecule has 0 spiro atoms. The lowest BCUT2D eigenvalue weighted by atomic mass is 10.3. The molecule has 1 N–H and O–H groups in total. The first-order valence-electron chi connectivity index (χ1n) is 8.11. The van der Waals surface area contributed by atoms with E-state index in [1.54, 1.807) is 11.3 Å². The van der Waals surface area contributed by atoms with Crippen LogP contribution in [0.4, 0.5) is 11.8 Å². The van der Waals surface area contributed by atoms with E-state index >= 15 is 0 Å². The summed E-state index contributed by atoms with van der Waals surface area (Å²) < 4.78 is 0. The van der Waals surface area contributed by atoms with Gasteiger partial charge >= 0.3 is 0 Å². The van der Waals surface area contributed by atoms with Gasteiger partial charge < -0.3 is 10.2 Å². The first-order valence-corrected chi connectivity index (χ1v) is 8.99. The molecule has 2 aliphatic carbocycles. The molecule has 0 aliphatic heterocycles. The number of fused-ring (bicyclic) bond motifs is 1. The topological polar surface area (TPSA) is 41.1 Å². The summed E-state index contributed by atoms with van der Waals surface area (Å²) in [7, 11) is 0. The molecule has 2 heterocycles. The van der Waals surface area contributed by atoms with E-state index in [0.717, 1.165) is 35.5 Å². The summed E-state index contributed by atoms with van der Waals surface area (Å²) in [6.45, 7) is 4.28. The molecule has 4 nitrogen and oxygen atoms in total. The summed E-state index contributed by atoms with van der Waals surface area (Å²) in [5.74, 6) is 2.85. The highest BCUT2D eigenvalue weighted by atomic mass is 32.1. The fourth-order valence-electron chi connectivity index (χ4n) is 2.75. The van der Waals surface area contributed by atoms with Crippen molar-refractivity contribution in [3.05, 3.63) is 11.4 Å². The van der Waals surface area contributed by atoms with Gasteiger partial charge in [-0.15, -0.1) is 11.3 Å². The molecular formula is C16H22N4S. The maximum Gasteiger partial charge on any atom is 0.226 e. The molecule has 2 fully saturated rings. The van der Waals surface area contributed by atoms with Crippen LogP contribution < -0.4 is 10.2 Å². The number of hydrogen-bond donors (Lipinski definition) is 1. The molecule has 4 rings (SSSR count). The largest absolute Gasteiger partial charge is 0.354 e. The van der Waals surface area contributed by atoms with Gasteiger partial charge in [-0.2, -0.15) is 4.98 Å². The van der Waals surface area contributed by atoms with Gasteiger partial charge in [-0.1, -0.05) is 6.92 Å². The van der Waals surface area contributed by atoms with Gasteiger partial charge in [-0.3, -0.25) is 0 Å². The molecule has 0 saturated heterocycles. The van der Waals surface area contributed by atoms with Crippen LogP contribution in [0.1, 0.15) is 39.0 Å². The van der Waals surface area contributed by atoms with Gasteiger partial charge in [0.15, 0.2) is 0 Å².